The van der Waals surface area contributed by atoms with Crippen LogP contribution >= 0.6 is 0 Å². The van der Waals surface area contributed by atoms with E-state index in [1.807, 2.05) is 38.1 Å². The Labute approximate surface area is 215 Å². The maximum Gasteiger partial charge on any atom is 0.430 e. The first-order valence-electron chi connectivity index (χ1n) is 12.0. The monoisotopic (exact) mass is 500 g/mol. The lowest BCUT2D eigenvalue weighted by molar-refractivity contribution is -0.155. The van der Waals surface area contributed by atoms with Crippen LogP contribution in [0.4, 0.5) is 4.79 Å². The molecule has 0 unspecified atom stereocenters. The van der Waals surface area contributed by atoms with Crippen molar-refractivity contribution in [2.75, 3.05) is 0 Å². The molecule has 0 N–H and O–H groups in total. The molecule has 3 amide bonds. The predicted octanol–water partition coefficient (Wildman–Crippen LogP) is 4.99. The number of hydrazine groups is 1. The van der Waals surface area contributed by atoms with E-state index in [9.17, 15) is 19.2 Å². The van der Waals surface area contributed by atoms with Crippen LogP contribution in [0.25, 0.3) is 0 Å². The Morgan fingerprint density at radius 1 is 0.730 bits per heavy atom. The third-order valence-corrected chi connectivity index (χ3v) is 5.87. The molecule has 0 saturated heterocycles. The summed E-state index contributed by atoms with van der Waals surface area (Å²) in [6.45, 7) is 3.61. The first kappa shape index (κ1) is 25.6. The summed E-state index contributed by atoms with van der Waals surface area (Å²) in [6.07, 6.45) is -0.859. The number of carbonyl (C=O) groups excluding carboxylic acids is 4. The van der Waals surface area contributed by atoms with Crippen LogP contribution < -0.4 is 0 Å². The number of ether oxygens (including phenoxy) is 2. The summed E-state index contributed by atoms with van der Waals surface area (Å²) in [5.74, 6) is -2.23. The van der Waals surface area contributed by atoms with Gasteiger partial charge in [-0.3, -0.25) is 9.59 Å². The lowest BCUT2D eigenvalue weighted by atomic mass is 10.0. The van der Waals surface area contributed by atoms with Crippen molar-refractivity contribution in [3.8, 4) is 0 Å². The quantitative estimate of drug-likeness (QED) is 0.303. The van der Waals surface area contributed by atoms with Crippen LogP contribution in [0.1, 0.15) is 52.1 Å². The lowest BCUT2D eigenvalue weighted by Gasteiger charge is -2.35. The molecule has 1 aliphatic heterocycles. The minimum Gasteiger partial charge on any atom is -0.459 e. The molecule has 190 valence electrons. The van der Waals surface area contributed by atoms with Gasteiger partial charge < -0.3 is 9.47 Å². The molecule has 4 rings (SSSR count). The van der Waals surface area contributed by atoms with Gasteiger partial charge in [0.15, 0.2) is 6.04 Å². The number of imide groups is 1. The highest BCUT2D eigenvalue weighted by Crippen LogP contribution is 2.28. The molecule has 3 aromatic carbocycles. The number of benzene rings is 3. The van der Waals surface area contributed by atoms with Crippen LogP contribution in [0, 0.1) is 5.92 Å². The van der Waals surface area contributed by atoms with Crippen LogP contribution in [0.3, 0.4) is 0 Å². The van der Waals surface area contributed by atoms with E-state index in [1.54, 1.807) is 48.5 Å². The summed E-state index contributed by atoms with van der Waals surface area (Å²) in [6, 6.07) is 23.1. The van der Waals surface area contributed by atoms with Gasteiger partial charge in [0.2, 0.25) is 0 Å². The van der Waals surface area contributed by atoms with E-state index in [1.165, 1.54) is 12.1 Å². The Morgan fingerprint density at radius 2 is 1.19 bits per heavy atom. The van der Waals surface area contributed by atoms with Crippen molar-refractivity contribution in [1.82, 2.24) is 10.0 Å². The largest absolute Gasteiger partial charge is 0.459 e. The highest BCUT2D eigenvalue weighted by atomic mass is 16.6. The molecule has 37 heavy (non-hydrogen) atoms. The number of hydrogen-bond acceptors (Lipinski definition) is 6. The number of rotatable bonds is 9. The maximum atomic E-state index is 13.5. The summed E-state index contributed by atoms with van der Waals surface area (Å²) in [5, 5.41) is 1.52. The fraction of sp³-hybridized carbons (Fsp3) is 0.241. The zero-order valence-corrected chi connectivity index (χ0v) is 20.7. The van der Waals surface area contributed by atoms with E-state index in [0.717, 1.165) is 10.6 Å². The van der Waals surface area contributed by atoms with Crippen molar-refractivity contribution in [3.05, 3.63) is 107 Å². The van der Waals surface area contributed by atoms with Gasteiger partial charge in [0.1, 0.15) is 13.2 Å². The topological polar surface area (TPSA) is 93.2 Å². The van der Waals surface area contributed by atoms with Crippen LogP contribution in [0.5, 0.6) is 0 Å². The highest BCUT2D eigenvalue weighted by molar-refractivity contribution is 6.21. The Bertz CT molecular complexity index is 1240. The number of hydrogen-bond donors (Lipinski definition) is 0. The third kappa shape index (κ3) is 5.86. The Kier molecular flexibility index (Phi) is 7.98. The van der Waals surface area contributed by atoms with Gasteiger partial charge in [-0.2, -0.15) is 10.0 Å². The van der Waals surface area contributed by atoms with Gasteiger partial charge in [0.25, 0.3) is 11.8 Å². The van der Waals surface area contributed by atoms with Gasteiger partial charge >= 0.3 is 12.1 Å². The van der Waals surface area contributed by atoms with Crippen LogP contribution in [0.15, 0.2) is 84.9 Å². The molecule has 8 heteroatoms. The fourth-order valence-electron chi connectivity index (χ4n) is 4.07. The lowest BCUT2D eigenvalue weighted by Crippen LogP contribution is -2.57. The van der Waals surface area contributed by atoms with Gasteiger partial charge in [-0.1, -0.05) is 86.6 Å². The van der Waals surface area contributed by atoms with Gasteiger partial charge in [-0.25, -0.2) is 9.59 Å². The molecule has 1 atom stereocenters. The van der Waals surface area contributed by atoms with Crippen LogP contribution in [0.2, 0.25) is 0 Å². The third-order valence-electron chi connectivity index (χ3n) is 5.87. The van der Waals surface area contributed by atoms with E-state index < -0.39 is 29.9 Å². The molecule has 1 aliphatic rings. The Balaban J connectivity index is 1.66. The maximum absolute atomic E-state index is 13.5. The SMILES string of the molecule is CC(C)C[C@H](C(=O)OCc1ccccc1)N(C(=O)OCc1ccccc1)N1C(=O)c2ccccc2C1=O. The molecule has 0 radical (unpaired) electrons. The molecule has 3 aromatic rings. The Morgan fingerprint density at radius 3 is 1.68 bits per heavy atom. The average Bonchev–Trinajstić information content (AvgIpc) is 3.16. The minimum atomic E-state index is -1.27. The van der Waals surface area contributed by atoms with Crippen molar-refractivity contribution in [3.63, 3.8) is 0 Å². The summed E-state index contributed by atoms with van der Waals surface area (Å²) in [7, 11) is 0. The number of esters is 1. The van der Waals surface area contributed by atoms with Gasteiger partial charge in [-0.15, -0.1) is 0 Å². The van der Waals surface area contributed by atoms with Gasteiger partial charge in [0, 0.05) is 0 Å². The van der Waals surface area contributed by atoms with E-state index in [-0.39, 0.29) is 36.7 Å². The van der Waals surface area contributed by atoms with E-state index in [2.05, 4.69) is 0 Å². The molecule has 1 heterocycles. The van der Waals surface area contributed by atoms with E-state index in [0.29, 0.717) is 10.6 Å². The first-order chi connectivity index (χ1) is 17.9. The second kappa shape index (κ2) is 11.5. The van der Waals surface area contributed by atoms with Crippen molar-refractivity contribution in [2.45, 2.75) is 39.5 Å². The summed E-state index contributed by atoms with van der Waals surface area (Å²) in [5.41, 5.74) is 1.77. The standard InChI is InChI=1S/C29H28N2O6/c1-20(2)17-25(28(34)36-18-21-11-5-3-6-12-21)30(29(35)37-19-22-13-7-4-8-14-22)31-26(32)23-15-9-10-16-24(23)27(31)33/h3-16,20,25H,17-19H2,1-2H3/t25-/m1/s1. The summed E-state index contributed by atoms with van der Waals surface area (Å²) < 4.78 is 11.1. The predicted molar refractivity (Wildman–Crippen MR) is 135 cm³/mol. The smallest absolute Gasteiger partial charge is 0.430 e. The summed E-state index contributed by atoms with van der Waals surface area (Å²) >= 11 is 0. The molecule has 0 aromatic heterocycles. The molecule has 0 aliphatic carbocycles. The normalized spacial score (nSPS) is 13.3. The zero-order valence-electron chi connectivity index (χ0n) is 20.7. The van der Waals surface area contributed by atoms with E-state index in [4.69, 9.17) is 9.47 Å². The molecule has 0 bridgehead atoms. The number of fused-ring (bicyclic) bond motifs is 1. The second-order valence-electron chi connectivity index (χ2n) is 9.09. The Hall–Kier alpha value is -4.46. The first-order valence-corrected chi connectivity index (χ1v) is 12.0. The molecule has 0 fully saturated rings. The van der Waals surface area contributed by atoms with Crippen molar-refractivity contribution < 1.29 is 28.7 Å². The van der Waals surface area contributed by atoms with Crippen LogP contribution in [-0.4, -0.2) is 39.9 Å². The zero-order chi connectivity index (χ0) is 26.4. The van der Waals surface area contributed by atoms with Crippen molar-refractivity contribution >= 4 is 23.9 Å². The van der Waals surface area contributed by atoms with E-state index >= 15 is 0 Å². The second-order valence-corrected chi connectivity index (χ2v) is 9.09. The molecular weight excluding hydrogens is 472 g/mol. The molecule has 0 spiro atoms. The fourth-order valence-corrected chi connectivity index (χ4v) is 4.07. The van der Waals surface area contributed by atoms with Gasteiger partial charge in [-0.05, 0) is 35.6 Å². The van der Waals surface area contributed by atoms with Crippen LogP contribution in [-0.2, 0) is 27.5 Å². The van der Waals surface area contributed by atoms with Gasteiger partial charge in [0.05, 0.1) is 11.1 Å². The average molecular weight is 501 g/mol. The highest BCUT2D eigenvalue weighted by Gasteiger charge is 2.47. The molecular formula is C29H28N2O6. The summed E-state index contributed by atoms with van der Waals surface area (Å²) in [4.78, 5) is 53.5. The molecule has 8 nitrogen and oxygen atoms in total. The number of amides is 3. The number of nitrogens with zero attached hydrogens (tertiary/aromatic N) is 2. The number of carbonyl (C=O) groups is 4. The minimum absolute atomic E-state index is 0.0245. The van der Waals surface area contributed by atoms with Crippen molar-refractivity contribution in [1.29, 1.82) is 0 Å². The molecule has 0 saturated carbocycles. The van der Waals surface area contributed by atoms with Crippen molar-refractivity contribution in [2.24, 2.45) is 5.92 Å².